The number of hydrogen-bond acceptors (Lipinski definition) is 3. The number of benzene rings is 1. The molecule has 2 aromatic rings. The van der Waals surface area contributed by atoms with Crippen LogP contribution in [-0.4, -0.2) is 25.5 Å². The lowest BCUT2D eigenvalue weighted by Crippen LogP contribution is -2.33. The van der Waals surface area contributed by atoms with Crippen LogP contribution in [0, 0.1) is 19.8 Å². The number of para-hydroxylation sites is 1. The number of piperidine rings is 1. The van der Waals surface area contributed by atoms with E-state index in [2.05, 4.69) is 10.6 Å². The van der Waals surface area contributed by atoms with Gasteiger partial charge in [0.05, 0.1) is 0 Å². The molecule has 1 amide bonds. The van der Waals surface area contributed by atoms with Gasteiger partial charge in [0.1, 0.15) is 5.58 Å². The first-order valence-corrected chi connectivity index (χ1v) is 8.14. The summed E-state index contributed by atoms with van der Waals surface area (Å²) >= 11 is 0. The second kappa shape index (κ2) is 7.84. The standard InChI is InChI=1S/C18H24N2O2.ClH/c1-12-5-3-7-15-13(2)17(22-16(12)15)18(21)20-10-8-14-6-4-9-19-11-14;/h3,5,7,14,19H,4,6,8-11H2,1-2H3,(H,20,21);1H. The molecule has 1 aromatic carbocycles. The first-order chi connectivity index (χ1) is 10.7. The molecule has 23 heavy (non-hydrogen) atoms. The minimum atomic E-state index is -0.100. The molecular weight excluding hydrogens is 312 g/mol. The molecule has 1 fully saturated rings. The quantitative estimate of drug-likeness (QED) is 0.897. The average molecular weight is 337 g/mol. The molecule has 1 aromatic heterocycles. The van der Waals surface area contributed by atoms with Crippen molar-refractivity contribution in [2.45, 2.75) is 33.1 Å². The zero-order valence-electron chi connectivity index (χ0n) is 13.8. The number of nitrogens with one attached hydrogen (secondary N) is 2. The number of amides is 1. The molecule has 0 radical (unpaired) electrons. The third-order valence-electron chi connectivity index (χ3n) is 4.60. The van der Waals surface area contributed by atoms with Gasteiger partial charge in [-0.15, -0.1) is 12.4 Å². The molecule has 2 N–H and O–H groups in total. The molecule has 0 spiro atoms. The van der Waals surface area contributed by atoms with Crippen LogP contribution >= 0.6 is 12.4 Å². The molecule has 0 aliphatic carbocycles. The highest BCUT2D eigenvalue weighted by molar-refractivity contribution is 5.99. The Morgan fingerprint density at radius 1 is 1.39 bits per heavy atom. The normalized spacial score (nSPS) is 17.7. The van der Waals surface area contributed by atoms with Crippen molar-refractivity contribution in [1.29, 1.82) is 0 Å². The van der Waals surface area contributed by atoms with E-state index < -0.39 is 0 Å². The summed E-state index contributed by atoms with van der Waals surface area (Å²) in [5.74, 6) is 1.02. The Bertz CT molecular complexity index is 675. The largest absolute Gasteiger partial charge is 0.450 e. The average Bonchev–Trinajstić information content (AvgIpc) is 2.87. The van der Waals surface area contributed by atoms with Gasteiger partial charge in [0.15, 0.2) is 5.76 Å². The Kier molecular flexibility index (Phi) is 6.08. The van der Waals surface area contributed by atoms with Crippen molar-refractivity contribution >= 4 is 29.3 Å². The Labute approximate surface area is 143 Å². The fraction of sp³-hybridized carbons (Fsp3) is 0.500. The van der Waals surface area contributed by atoms with Crippen LogP contribution in [0.25, 0.3) is 11.0 Å². The molecule has 1 unspecified atom stereocenters. The molecule has 4 nitrogen and oxygen atoms in total. The molecule has 1 atom stereocenters. The van der Waals surface area contributed by atoms with Crippen molar-refractivity contribution in [3.8, 4) is 0 Å². The third kappa shape index (κ3) is 3.88. The van der Waals surface area contributed by atoms with E-state index in [4.69, 9.17) is 4.42 Å². The number of fused-ring (bicyclic) bond motifs is 1. The molecule has 126 valence electrons. The van der Waals surface area contributed by atoms with Crippen molar-refractivity contribution < 1.29 is 9.21 Å². The van der Waals surface area contributed by atoms with Crippen LogP contribution in [0.15, 0.2) is 22.6 Å². The lowest BCUT2D eigenvalue weighted by atomic mass is 9.96. The van der Waals surface area contributed by atoms with Gasteiger partial charge in [-0.25, -0.2) is 0 Å². The molecule has 3 rings (SSSR count). The van der Waals surface area contributed by atoms with Gasteiger partial charge in [-0.3, -0.25) is 4.79 Å². The summed E-state index contributed by atoms with van der Waals surface area (Å²) in [6.07, 6.45) is 3.52. The fourth-order valence-corrected chi connectivity index (χ4v) is 3.24. The van der Waals surface area contributed by atoms with Crippen LogP contribution in [0.3, 0.4) is 0 Å². The number of rotatable bonds is 4. The van der Waals surface area contributed by atoms with E-state index in [-0.39, 0.29) is 18.3 Å². The summed E-state index contributed by atoms with van der Waals surface area (Å²) in [6, 6.07) is 6.01. The van der Waals surface area contributed by atoms with Crippen LogP contribution in [0.4, 0.5) is 0 Å². The minimum Gasteiger partial charge on any atom is -0.450 e. The van der Waals surface area contributed by atoms with E-state index in [1.807, 2.05) is 32.0 Å². The first kappa shape index (κ1) is 17.8. The lowest BCUT2D eigenvalue weighted by Gasteiger charge is -2.22. The van der Waals surface area contributed by atoms with E-state index >= 15 is 0 Å². The van der Waals surface area contributed by atoms with Crippen LogP contribution in [0.1, 0.15) is 40.9 Å². The van der Waals surface area contributed by atoms with Gasteiger partial charge >= 0.3 is 0 Å². The number of hydrogen-bond donors (Lipinski definition) is 2. The maximum absolute atomic E-state index is 12.4. The van der Waals surface area contributed by atoms with Gasteiger partial charge in [0.2, 0.25) is 0 Å². The van der Waals surface area contributed by atoms with Gasteiger partial charge in [0.25, 0.3) is 5.91 Å². The van der Waals surface area contributed by atoms with Gasteiger partial charge in [0, 0.05) is 17.5 Å². The Morgan fingerprint density at radius 2 is 2.22 bits per heavy atom. The zero-order chi connectivity index (χ0) is 15.5. The van der Waals surface area contributed by atoms with Crippen LogP contribution in [0.2, 0.25) is 0 Å². The third-order valence-corrected chi connectivity index (χ3v) is 4.60. The highest BCUT2D eigenvalue weighted by Gasteiger charge is 2.19. The molecule has 2 heterocycles. The number of halogens is 1. The van der Waals surface area contributed by atoms with Crippen molar-refractivity contribution in [3.63, 3.8) is 0 Å². The van der Waals surface area contributed by atoms with E-state index in [9.17, 15) is 4.79 Å². The van der Waals surface area contributed by atoms with Gasteiger partial charge in [-0.05, 0) is 57.7 Å². The number of carbonyl (C=O) groups is 1. The zero-order valence-corrected chi connectivity index (χ0v) is 14.6. The molecule has 1 saturated heterocycles. The van der Waals surface area contributed by atoms with E-state index in [1.54, 1.807) is 0 Å². The van der Waals surface area contributed by atoms with Crippen LogP contribution in [-0.2, 0) is 0 Å². The van der Waals surface area contributed by atoms with Crippen molar-refractivity contribution in [2.24, 2.45) is 5.92 Å². The van der Waals surface area contributed by atoms with Crippen LogP contribution < -0.4 is 10.6 Å². The van der Waals surface area contributed by atoms with Crippen molar-refractivity contribution in [3.05, 3.63) is 35.1 Å². The Balaban J connectivity index is 0.00000192. The molecule has 0 saturated carbocycles. The monoisotopic (exact) mass is 336 g/mol. The van der Waals surface area contributed by atoms with E-state index in [1.165, 1.54) is 12.8 Å². The molecule has 5 heteroatoms. The topological polar surface area (TPSA) is 54.3 Å². The van der Waals surface area contributed by atoms with Gasteiger partial charge in [-0.1, -0.05) is 18.2 Å². The maximum atomic E-state index is 12.4. The Hall–Kier alpha value is -1.52. The second-order valence-electron chi connectivity index (χ2n) is 6.26. The number of furan rings is 1. The second-order valence-corrected chi connectivity index (χ2v) is 6.26. The summed E-state index contributed by atoms with van der Waals surface area (Å²) in [6.45, 7) is 6.86. The molecule has 1 aliphatic rings. The van der Waals surface area contributed by atoms with E-state index in [0.717, 1.165) is 41.6 Å². The van der Waals surface area contributed by atoms with Crippen LogP contribution in [0.5, 0.6) is 0 Å². The highest BCUT2D eigenvalue weighted by atomic mass is 35.5. The molecule has 1 aliphatic heterocycles. The lowest BCUT2D eigenvalue weighted by molar-refractivity contribution is 0.0924. The fourth-order valence-electron chi connectivity index (χ4n) is 3.24. The van der Waals surface area contributed by atoms with Crippen molar-refractivity contribution in [1.82, 2.24) is 10.6 Å². The smallest absolute Gasteiger partial charge is 0.287 e. The summed E-state index contributed by atoms with van der Waals surface area (Å²) < 4.78 is 5.81. The Morgan fingerprint density at radius 3 is 2.91 bits per heavy atom. The van der Waals surface area contributed by atoms with Gasteiger partial charge in [-0.2, -0.15) is 0 Å². The summed E-state index contributed by atoms with van der Waals surface area (Å²) in [5, 5.41) is 7.44. The number of carbonyl (C=O) groups excluding carboxylic acids is 1. The van der Waals surface area contributed by atoms with Gasteiger partial charge < -0.3 is 15.1 Å². The maximum Gasteiger partial charge on any atom is 0.287 e. The SMILES string of the molecule is Cc1c(C(=O)NCCC2CCCNC2)oc2c(C)cccc12.Cl. The molecule has 0 bridgehead atoms. The first-order valence-electron chi connectivity index (χ1n) is 8.14. The molecular formula is C18H25ClN2O2. The minimum absolute atomic E-state index is 0. The van der Waals surface area contributed by atoms with E-state index in [0.29, 0.717) is 18.2 Å². The predicted octanol–water partition coefficient (Wildman–Crippen LogP) is 3.59. The summed E-state index contributed by atoms with van der Waals surface area (Å²) in [4.78, 5) is 12.4. The van der Waals surface area contributed by atoms with Crippen molar-refractivity contribution in [2.75, 3.05) is 19.6 Å². The summed E-state index contributed by atoms with van der Waals surface area (Å²) in [7, 11) is 0. The summed E-state index contributed by atoms with van der Waals surface area (Å²) in [5.41, 5.74) is 2.81. The predicted molar refractivity (Wildman–Crippen MR) is 95.5 cm³/mol. The highest BCUT2D eigenvalue weighted by Crippen LogP contribution is 2.27. The number of aryl methyl sites for hydroxylation is 2.